The van der Waals surface area contributed by atoms with Gasteiger partial charge in [-0.3, -0.25) is 9.10 Å². The van der Waals surface area contributed by atoms with Crippen molar-refractivity contribution < 1.29 is 22.0 Å². The molecule has 1 amide bonds. The number of benzene rings is 4. The minimum absolute atomic E-state index is 0.0438. The van der Waals surface area contributed by atoms with E-state index in [4.69, 9.17) is 4.42 Å². The number of sulfonamides is 1. The molecule has 0 unspecified atom stereocenters. The lowest BCUT2D eigenvalue weighted by atomic mass is 10.1. The molecule has 5 aromatic rings. The second-order valence-electron chi connectivity index (χ2n) is 8.21. The Morgan fingerprint density at radius 3 is 2.29 bits per heavy atom. The molecule has 8 heteroatoms. The molecule has 5 rings (SSSR count). The maximum absolute atomic E-state index is 13.2. The lowest BCUT2D eigenvalue weighted by Crippen LogP contribution is -2.29. The summed E-state index contributed by atoms with van der Waals surface area (Å²) in [5, 5.41) is 4.82. The van der Waals surface area contributed by atoms with Gasteiger partial charge in [0.1, 0.15) is 17.0 Å². The van der Waals surface area contributed by atoms with Crippen LogP contribution in [0.5, 0.6) is 0 Å². The first-order valence-electron chi connectivity index (χ1n) is 10.8. The highest BCUT2D eigenvalue weighted by Gasteiger charge is 2.19. The highest BCUT2D eigenvalue weighted by molar-refractivity contribution is 7.92. The third-order valence-corrected chi connectivity index (χ3v) is 6.83. The monoisotopic (exact) mass is 488 g/mol. The molecular weight excluding hydrogens is 467 g/mol. The van der Waals surface area contributed by atoms with E-state index in [1.54, 1.807) is 30.3 Å². The first kappa shape index (κ1) is 22.6. The summed E-state index contributed by atoms with van der Waals surface area (Å²) in [6.07, 6.45) is 1.10. The number of furan rings is 1. The highest BCUT2D eigenvalue weighted by Crippen LogP contribution is 2.30. The lowest BCUT2D eigenvalue weighted by molar-refractivity contribution is 0.102. The van der Waals surface area contributed by atoms with Crippen LogP contribution in [0.2, 0.25) is 0 Å². The van der Waals surface area contributed by atoms with Crippen molar-refractivity contribution in [1.29, 1.82) is 0 Å². The molecule has 0 aliphatic rings. The van der Waals surface area contributed by atoms with Crippen LogP contribution in [0.4, 0.5) is 15.8 Å². The van der Waals surface area contributed by atoms with E-state index in [9.17, 15) is 17.6 Å². The summed E-state index contributed by atoms with van der Waals surface area (Å²) in [5.41, 5.74) is 3.44. The van der Waals surface area contributed by atoms with E-state index >= 15 is 0 Å². The summed E-state index contributed by atoms with van der Waals surface area (Å²) in [7, 11) is -3.61. The largest absolute Gasteiger partial charge is 0.456 e. The van der Waals surface area contributed by atoms with Crippen LogP contribution < -0.4 is 9.62 Å². The molecule has 0 fully saturated rings. The van der Waals surface area contributed by atoms with Crippen LogP contribution in [0.1, 0.15) is 15.9 Å². The van der Waals surface area contributed by atoms with E-state index in [1.165, 1.54) is 28.6 Å². The molecule has 1 heterocycles. The second kappa shape index (κ2) is 8.88. The molecule has 0 aliphatic heterocycles. The van der Waals surface area contributed by atoms with Crippen molar-refractivity contribution >= 4 is 49.2 Å². The van der Waals surface area contributed by atoms with Gasteiger partial charge in [-0.25, -0.2) is 12.8 Å². The number of para-hydroxylation sites is 1. The summed E-state index contributed by atoms with van der Waals surface area (Å²) in [4.78, 5) is 12.8. The predicted molar refractivity (Wildman–Crippen MR) is 136 cm³/mol. The average molecular weight is 489 g/mol. The molecular formula is C27H21FN2O4S. The normalized spacial score (nSPS) is 11.6. The minimum atomic E-state index is -3.61. The fourth-order valence-corrected chi connectivity index (χ4v) is 4.83. The summed E-state index contributed by atoms with van der Waals surface area (Å²) >= 11 is 0. The Balaban J connectivity index is 1.35. The van der Waals surface area contributed by atoms with Crippen LogP contribution in [-0.2, 0) is 16.6 Å². The average Bonchev–Trinajstić information content (AvgIpc) is 3.21. The van der Waals surface area contributed by atoms with Gasteiger partial charge in [-0.2, -0.15) is 0 Å². The SMILES string of the molecule is CS(=O)(=O)N(Cc1ccc(F)cc1)c1ccc(C(=O)Nc2ccc3c(c2)oc2ccccc23)cc1. The van der Waals surface area contributed by atoms with Crippen LogP contribution in [0.25, 0.3) is 21.9 Å². The zero-order valence-corrected chi connectivity index (χ0v) is 19.6. The van der Waals surface area contributed by atoms with Crippen molar-refractivity contribution in [3.05, 3.63) is 108 Å². The van der Waals surface area contributed by atoms with Crippen LogP contribution >= 0.6 is 0 Å². The van der Waals surface area contributed by atoms with Gasteiger partial charge in [0.05, 0.1) is 18.5 Å². The number of carbonyl (C=O) groups is 1. The number of carbonyl (C=O) groups excluding carboxylic acids is 1. The zero-order valence-electron chi connectivity index (χ0n) is 18.7. The molecule has 0 saturated heterocycles. The van der Waals surface area contributed by atoms with Crippen molar-refractivity contribution in [3.8, 4) is 0 Å². The van der Waals surface area contributed by atoms with E-state index in [1.807, 2.05) is 36.4 Å². The Morgan fingerprint density at radius 1 is 0.886 bits per heavy atom. The number of halogens is 1. The standard InChI is InChI=1S/C27H21FN2O4S/c1-35(32,33)30(17-18-6-10-20(28)11-7-18)22-13-8-19(9-14-22)27(31)29-21-12-15-24-23-4-2-3-5-25(23)34-26(24)16-21/h2-16H,17H2,1H3,(H,29,31). The number of hydrogen-bond donors (Lipinski definition) is 1. The van der Waals surface area contributed by atoms with Crippen molar-refractivity contribution in [2.24, 2.45) is 0 Å². The molecule has 0 spiro atoms. The molecule has 0 saturated carbocycles. The maximum Gasteiger partial charge on any atom is 0.255 e. The number of anilines is 2. The fraction of sp³-hybridized carbons (Fsp3) is 0.0741. The number of amides is 1. The van der Waals surface area contributed by atoms with Gasteiger partial charge in [0.25, 0.3) is 5.91 Å². The number of nitrogens with one attached hydrogen (secondary N) is 1. The Morgan fingerprint density at radius 2 is 1.57 bits per heavy atom. The van der Waals surface area contributed by atoms with E-state index in [2.05, 4.69) is 5.32 Å². The van der Waals surface area contributed by atoms with E-state index in [-0.39, 0.29) is 12.5 Å². The molecule has 35 heavy (non-hydrogen) atoms. The van der Waals surface area contributed by atoms with Crippen molar-refractivity contribution in [2.75, 3.05) is 15.9 Å². The quantitative estimate of drug-likeness (QED) is 0.321. The molecule has 0 aliphatic carbocycles. The summed E-state index contributed by atoms with van der Waals surface area (Å²) in [5.74, 6) is -0.731. The topological polar surface area (TPSA) is 79.6 Å². The van der Waals surface area contributed by atoms with Gasteiger partial charge >= 0.3 is 0 Å². The predicted octanol–water partition coefficient (Wildman–Crippen LogP) is 5.94. The van der Waals surface area contributed by atoms with E-state index in [0.717, 1.165) is 22.6 Å². The molecule has 176 valence electrons. The van der Waals surface area contributed by atoms with Gasteiger partial charge < -0.3 is 9.73 Å². The van der Waals surface area contributed by atoms with E-state index < -0.39 is 15.8 Å². The number of nitrogens with zero attached hydrogens (tertiary/aromatic N) is 1. The van der Waals surface area contributed by atoms with Gasteiger partial charge in [-0.1, -0.05) is 30.3 Å². The molecule has 0 atom stereocenters. The molecule has 0 radical (unpaired) electrons. The van der Waals surface area contributed by atoms with Crippen molar-refractivity contribution in [3.63, 3.8) is 0 Å². The lowest BCUT2D eigenvalue weighted by Gasteiger charge is -2.22. The second-order valence-corrected chi connectivity index (χ2v) is 10.1. The van der Waals surface area contributed by atoms with Crippen molar-refractivity contribution in [2.45, 2.75) is 6.54 Å². The van der Waals surface area contributed by atoms with Gasteiger partial charge in [0.15, 0.2) is 0 Å². The van der Waals surface area contributed by atoms with Crippen LogP contribution in [0, 0.1) is 5.82 Å². The highest BCUT2D eigenvalue weighted by atomic mass is 32.2. The van der Waals surface area contributed by atoms with E-state index in [0.29, 0.717) is 28.1 Å². The Bertz CT molecular complexity index is 1640. The van der Waals surface area contributed by atoms with Crippen LogP contribution in [0.3, 0.4) is 0 Å². The first-order valence-corrected chi connectivity index (χ1v) is 12.7. The fourth-order valence-electron chi connectivity index (χ4n) is 3.94. The maximum atomic E-state index is 13.2. The Hall–Kier alpha value is -4.17. The van der Waals surface area contributed by atoms with Crippen LogP contribution in [-0.4, -0.2) is 20.6 Å². The number of fused-ring (bicyclic) bond motifs is 3. The molecule has 1 aromatic heterocycles. The molecule has 1 N–H and O–H groups in total. The minimum Gasteiger partial charge on any atom is -0.456 e. The van der Waals surface area contributed by atoms with Gasteiger partial charge in [0, 0.05) is 28.1 Å². The summed E-state index contributed by atoms with van der Waals surface area (Å²) in [6.45, 7) is 0.0438. The Labute approximate surface area is 201 Å². The van der Waals surface area contributed by atoms with Gasteiger partial charge in [-0.05, 0) is 60.2 Å². The van der Waals surface area contributed by atoms with Crippen molar-refractivity contribution in [1.82, 2.24) is 0 Å². The number of rotatable bonds is 6. The van der Waals surface area contributed by atoms with Gasteiger partial charge in [-0.15, -0.1) is 0 Å². The molecule has 6 nitrogen and oxygen atoms in total. The smallest absolute Gasteiger partial charge is 0.255 e. The third-order valence-electron chi connectivity index (χ3n) is 5.69. The molecule has 4 aromatic carbocycles. The third kappa shape index (κ3) is 4.74. The van der Waals surface area contributed by atoms with Crippen LogP contribution in [0.15, 0.2) is 95.4 Å². The molecule has 0 bridgehead atoms. The Kier molecular flexibility index (Phi) is 5.74. The summed E-state index contributed by atoms with van der Waals surface area (Å²) in [6, 6.07) is 25.1. The first-order chi connectivity index (χ1) is 16.8. The van der Waals surface area contributed by atoms with Gasteiger partial charge in [0.2, 0.25) is 10.0 Å². The number of hydrogen-bond acceptors (Lipinski definition) is 4. The zero-order chi connectivity index (χ0) is 24.6. The summed E-state index contributed by atoms with van der Waals surface area (Å²) < 4.78 is 45.1.